The zero-order valence-electron chi connectivity index (χ0n) is 6.39. The average molecular weight is 147 g/mol. The number of hydrogen-bond donors (Lipinski definition) is 2. The fourth-order valence-corrected chi connectivity index (χ4v) is 1.24. The van der Waals surface area contributed by atoms with E-state index in [0.717, 1.165) is 0 Å². The molecule has 60 valence electrons. The van der Waals surface area contributed by atoms with Crippen molar-refractivity contribution in [2.24, 2.45) is 5.41 Å². The molecule has 0 aromatic heterocycles. The predicted molar refractivity (Wildman–Crippen MR) is 37.6 cm³/mol. The van der Waals surface area contributed by atoms with Gasteiger partial charge in [-0.15, -0.1) is 0 Å². The van der Waals surface area contributed by atoms with Gasteiger partial charge in [-0.1, -0.05) is 13.8 Å². The molecule has 0 spiro atoms. The molecule has 0 amide bonds. The van der Waals surface area contributed by atoms with Gasteiger partial charge in [0.2, 0.25) is 0 Å². The van der Waals surface area contributed by atoms with E-state index >= 15 is 0 Å². The van der Waals surface area contributed by atoms with Crippen LogP contribution in [-0.2, 0) is 0 Å². The van der Waals surface area contributed by atoms with Crippen molar-refractivity contribution >= 4 is 0 Å². The van der Waals surface area contributed by atoms with Gasteiger partial charge >= 0.3 is 0 Å². The highest BCUT2D eigenvalue weighted by Gasteiger charge is 2.37. The largest absolute Gasteiger partial charge is 0.389 e. The van der Waals surface area contributed by atoms with Crippen molar-refractivity contribution < 1.29 is 9.50 Å². The minimum absolute atomic E-state index is 0.282. The van der Waals surface area contributed by atoms with Gasteiger partial charge in [0, 0.05) is 18.5 Å². The molecule has 0 aromatic carbocycles. The molecule has 1 rings (SSSR count). The summed E-state index contributed by atoms with van der Waals surface area (Å²) in [7, 11) is 0. The molecule has 1 heterocycles. The lowest BCUT2D eigenvalue weighted by Gasteiger charge is -2.37. The molecule has 10 heavy (non-hydrogen) atoms. The van der Waals surface area contributed by atoms with Crippen LogP contribution in [0.5, 0.6) is 0 Å². The average Bonchev–Trinajstić information content (AvgIpc) is 1.83. The second kappa shape index (κ2) is 2.47. The Morgan fingerprint density at radius 1 is 1.60 bits per heavy atom. The van der Waals surface area contributed by atoms with Crippen molar-refractivity contribution in [2.75, 3.05) is 13.1 Å². The lowest BCUT2D eigenvalue weighted by atomic mass is 9.81. The quantitative estimate of drug-likeness (QED) is 0.517. The third kappa shape index (κ3) is 1.30. The molecular formula is C7H14FNO. The third-order valence-corrected chi connectivity index (χ3v) is 2.06. The van der Waals surface area contributed by atoms with Crippen molar-refractivity contribution in [3.05, 3.63) is 0 Å². The summed E-state index contributed by atoms with van der Waals surface area (Å²) < 4.78 is 12.8. The Hall–Kier alpha value is -0.150. The van der Waals surface area contributed by atoms with Gasteiger partial charge in [-0.25, -0.2) is 4.39 Å². The summed E-state index contributed by atoms with van der Waals surface area (Å²) in [5.41, 5.74) is -0.322. The lowest BCUT2D eigenvalue weighted by molar-refractivity contribution is -0.0346. The number of aliphatic hydroxyl groups is 1. The maximum atomic E-state index is 12.8. The summed E-state index contributed by atoms with van der Waals surface area (Å²) in [6, 6.07) is 0. The van der Waals surface area contributed by atoms with Crippen LogP contribution in [0.4, 0.5) is 4.39 Å². The molecule has 3 heteroatoms. The van der Waals surface area contributed by atoms with Gasteiger partial charge in [-0.3, -0.25) is 0 Å². The SMILES string of the molecule is CC1(C)CNC[C@H](F)[C@H]1O. The summed E-state index contributed by atoms with van der Waals surface area (Å²) in [6.07, 6.45) is -1.92. The molecule has 1 saturated heterocycles. The van der Waals surface area contributed by atoms with Gasteiger partial charge in [0.05, 0.1) is 6.10 Å². The van der Waals surface area contributed by atoms with E-state index in [2.05, 4.69) is 5.32 Å². The molecule has 2 N–H and O–H groups in total. The summed E-state index contributed by atoms with van der Waals surface area (Å²) in [5, 5.41) is 12.2. The second-order valence-electron chi connectivity index (χ2n) is 3.58. The van der Waals surface area contributed by atoms with Gasteiger partial charge in [0.25, 0.3) is 0 Å². The monoisotopic (exact) mass is 147 g/mol. The highest BCUT2D eigenvalue weighted by Crippen LogP contribution is 2.26. The number of piperidine rings is 1. The van der Waals surface area contributed by atoms with E-state index in [9.17, 15) is 9.50 Å². The summed E-state index contributed by atoms with van der Waals surface area (Å²) in [6.45, 7) is 4.69. The Bertz CT molecular complexity index is 127. The first-order valence-corrected chi connectivity index (χ1v) is 3.57. The van der Waals surface area contributed by atoms with Crippen LogP contribution in [0.3, 0.4) is 0 Å². The highest BCUT2D eigenvalue weighted by atomic mass is 19.1. The van der Waals surface area contributed by atoms with Crippen LogP contribution in [0, 0.1) is 5.41 Å². The Morgan fingerprint density at radius 2 is 2.20 bits per heavy atom. The van der Waals surface area contributed by atoms with Crippen molar-refractivity contribution in [1.29, 1.82) is 0 Å². The molecule has 0 unspecified atom stereocenters. The molecule has 0 saturated carbocycles. The molecule has 2 atom stereocenters. The van der Waals surface area contributed by atoms with E-state index < -0.39 is 12.3 Å². The predicted octanol–water partition coefficient (Wildman–Crippen LogP) is 0.315. The fourth-order valence-electron chi connectivity index (χ4n) is 1.24. The van der Waals surface area contributed by atoms with Crippen molar-refractivity contribution in [1.82, 2.24) is 5.32 Å². The van der Waals surface area contributed by atoms with Gasteiger partial charge in [0.1, 0.15) is 6.17 Å². The zero-order chi connectivity index (χ0) is 7.78. The molecule has 1 aliphatic heterocycles. The smallest absolute Gasteiger partial charge is 0.139 e. The molecule has 2 nitrogen and oxygen atoms in total. The number of alkyl halides is 1. The first kappa shape index (κ1) is 7.95. The fraction of sp³-hybridized carbons (Fsp3) is 1.00. The van der Waals surface area contributed by atoms with Crippen LogP contribution in [-0.4, -0.2) is 30.5 Å². The molecule has 0 bridgehead atoms. The van der Waals surface area contributed by atoms with Crippen LogP contribution in [0.1, 0.15) is 13.8 Å². The Morgan fingerprint density at radius 3 is 2.60 bits per heavy atom. The third-order valence-electron chi connectivity index (χ3n) is 2.06. The van der Waals surface area contributed by atoms with E-state index in [4.69, 9.17) is 0 Å². The van der Waals surface area contributed by atoms with E-state index in [1.54, 1.807) is 0 Å². The van der Waals surface area contributed by atoms with E-state index in [1.807, 2.05) is 13.8 Å². The molecule has 0 radical (unpaired) electrons. The minimum atomic E-state index is -1.11. The number of aliphatic hydroxyl groups excluding tert-OH is 1. The maximum absolute atomic E-state index is 12.8. The van der Waals surface area contributed by atoms with Crippen LogP contribution in [0.25, 0.3) is 0 Å². The Balaban J connectivity index is 2.60. The number of halogens is 1. The highest BCUT2D eigenvalue weighted by molar-refractivity contribution is 4.90. The van der Waals surface area contributed by atoms with Gasteiger partial charge in [-0.05, 0) is 0 Å². The lowest BCUT2D eigenvalue weighted by Crippen LogP contribution is -2.53. The maximum Gasteiger partial charge on any atom is 0.139 e. The standard InChI is InChI=1S/C7H14FNO/c1-7(2)4-9-3-5(8)6(7)10/h5-6,9-10H,3-4H2,1-2H3/t5-,6+/m0/s1. The minimum Gasteiger partial charge on any atom is -0.389 e. The number of nitrogens with one attached hydrogen (secondary N) is 1. The topological polar surface area (TPSA) is 32.3 Å². The first-order chi connectivity index (χ1) is 4.54. The number of hydrogen-bond acceptors (Lipinski definition) is 2. The van der Waals surface area contributed by atoms with Crippen LogP contribution < -0.4 is 5.32 Å². The second-order valence-corrected chi connectivity index (χ2v) is 3.58. The molecule has 0 aliphatic carbocycles. The van der Waals surface area contributed by atoms with E-state index in [1.165, 1.54) is 0 Å². The Kier molecular flexibility index (Phi) is 1.97. The molecule has 0 aromatic rings. The van der Waals surface area contributed by atoms with Crippen LogP contribution in [0.2, 0.25) is 0 Å². The normalized spacial score (nSPS) is 39.6. The van der Waals surface area contributed by atoms with Gasteiger partial charge < -0.3 is 10.4 Å². The van der Waals surface area contributed by atoms with E-state index in [-0.39, 0.29) is 12.0 Å². The summed E-state index contributed by atoms with van der Waals surface area (Å²) >= 11 is 0. The summed E-state index contributed by atoms with van der Waals surface area (Å²) in [5.74, 6) is 0. The summed E-state index contributed by atoms with van der Waals surface area (Å²) in [4.78, 5) is 0. The Labute approximate surface area is 60.4 Å². The zero-order valence-corrected chi connectivity index (χ0v) is 6.39. The van der Waals surface area contributed by atoms with Gasteiger partial charge in [0.15, 0.2) is 0 Å². The van der Waals surface area contributed by atoms with Crippen molar-refractivity contribution in [2.45, 2.75) is 26.1 Å². The first-order valence-electron chi connectivity index (χ1n) is 3.57. The number of rotatable bonds is 0. The van der Waals surface area contributed by atoms with Crippen LogP contribution in [0.15, 0.2) is 0 Å². The molecular weight excluding hydrogens is 133 g/mol. The van der Waals surface area contributed by atoms with Gasteiger partial charge in [-0.2, -0.15) is 0 Å². The van der Waals surface area contributed by atoms with Crippen molar-refractivity contribution in [3.8, 4) is 0 Å². The van der Waals surface area contributed by atoms with Crippen LogP contribution >= 0.6 is 0 Å². The van der Waals surface area contributed by atoms with E-state index in [0.29, 0.717) is 6.54 Å². The molecule has 1 fully saturated rings. The van der Waals surface area contributed by atoms with Crippen molar-refractivity contribution in [3.63, 3.8) is 0 Å². The molecule has 1 aliphatic rings.